The molecule has 0 fully saturated rings. The van der Waals surface area contributed by atoms with Crippen LogP contribution in [0.4, 0.5) is 17.1 Å². The van der Waals surface area contributed by atoms with Crippen molar-refractivity contribution in [2.75, 3.05) is 25.0 Å². The Kier molecular flexibility index (Phi) is 6.58. The number of aliphatic imine (C=N–C) groups is 1. The summed E-state index contributed by atoms with van der Waals surface area (Å²) in [5, 5.41) is 3.32. The molecule has 3 aromatic carbocycles. The zero-order chi connectivity index (χ0) is 19.9. The number of rotatable bonds is 8. The van der Waals surface area contributed by atoms with Gasteiger partial charge in [0.25, 0.3) is 0 Å². The summed E-state index contributed by atoms with van der Waals surface area (Å²) in [5.41, 5.74) is 13.4. The van der Waals surface area contributed by atoms with Crippen LogP contribution in [0.15, 0.2) is 71.7 Å². The van der Waals surface area contributed by atoms with Gasteiger partial charge in [0.15, 0.2) is 0 Å². The number of anilines is 2. The molecule has 28 heavy (non-hydrogen) atoms. The van der Waals surface area contributed by atoms with Crippen molar-refractivity contribution in [2.45, 2.75) is 13.5 Å². The van der Waals surface area contributed by atoms with E-state index in [4.69, 9.17) is 5.73 Å². The normalized spacial score (nSPS) is 10.7. The molecule has 3 N–H and O–H groups in total. The van der Waals surface area contributed by atoms with Gasteiger partial charge >= 0.3 is 0 Å². The van der Waals surface area contributed by atoms with Crippen LogP contribution >= 0.6 is 0 Å². The van der Waals surface area contributed by atoms with Gasteiger partial charge in [-0.3, -0.25) is 4.99 Å². The maximum atomic E-state index is 5.53. The van der Waals surface area contributed by atoms with E-state index in [1.54, 1.807) is 0 Å². The highest BCUT2D eigenvalue weighted by Crippen LogP contribution is 2.36. The summed E-state index contributed by atoms with van der Waals surface area (Å²) in [7, 11) is 2.06. The summed E-state index contributed by atoms with van der Waals surface area (Å²) in [5.74, 6) is 0. The zero-order valence-electron chi connectivity index (χ0n) is 16.7. The molecule has 4 heteroatoms. The van der Waals surface area contributed by atoms with Gasteiger partial charge in [-0.25, -0.2) is 0 Å². The molecule has 0 aliphatic carbocycles. The third kappa shape index (κ3) is 4.66. The van der Waals surface area contributed by atoms with Gasteiger partial charge in [-0.1, -0.05) is 42.5 Å². The van der Waals surface area contributed by atoms with Crippen LogP contribution < -0.4 is 16.0 Å². The number of nitrogens with one attached hydrogen (secondary N) is 1. The summed E-state index contributed by atoms with van der Waals surface area (Å²) < 4.78 is 0. The average Bonchev–Trinajstić information content (AvgIpc) is 2.73. The Labute approximate surface area is 167 Å². The molecular weight excluding hydrogens is 344 g/mol. The van der Waals surface area contributed by atoms with Crippen molar-refractivity contribution in [3.05, 3.63) is 77.9 Å². The third-order valence-corrected chi connectivity index (χ3v) is 4.83. The van der Waals surface area contributed by atoms with E-state index in [0.717, 1.165) is 35.7 Å². The summed E-state index contributed by atoms with van der Waals surface area (Å²) >= 11 is 0. The van der Waals surface area contributed by atoms with Crippen molar-refractivity contribution in [3.63, 3.8) is 0 Å². The molecule has 0 bridgehead atoms. The summed E-state index contributed by atoms with van der Waals surface area (Å²) in [6.45, 7) is 8.15. The second kappa shape index (κ2) is 9.31. The van der Waals surface area contributed by atoms with Crippen LogP contribution in [0.1, 0.15) is 11.1 Å². The van der Waals surface area contributed by atoms with Crippen LogP contribution in [0.3, 0.4) is 0 Å². The summed E-state index contributed by atoms with van der Waals surface area (Å²) in [4.78, 5) is 6.38. The average molecular weight is 373 g/mol. The lowest BCUT2D eigenvalue weighted by Gasteiger charge is -2.22. The molecular formula is C24H28N4. The van der Waals surface area contributed by atoms with Crippen molar-refractivity contribution in [1.29, 1.82) is 0 Å². The Hall–Kier alpha value is -2.95. The van der Waals surface area contributed by atoms with Gasteiger partial charge in [0.1, 0.15) is 0 Å². The molecule has 0 aliphatic heterocycles. The minimum absolute atomic E-state index is 0.652. The summed E-state index contributed by atoms with van der Waals surface area (Å²) in [6.07, 6.45) is 0. The van der Waals surface area contributed by atoms with Crippen LogP contribution in [0.2, 0.25) is 0 Å². The SMILES string of the molecule is C=Nc1ccc(-c2ccc(CNCCN)cc2)cc1N(C)c1cccc(C)c1. The quantitative estimate of drug-likeness (QED) is 0.441. The Balaban J connectivity index is 1.89. The lowest BCUT2D eigenvalue weighted by molar-refractivity contribution is 0.695. The van der Waals surface area contributed by atoms with E-state index in [0.29, 0.717) is 6.54 Å². The summed E-state index contributed by atoms with van der Waals surface area (Å²) in [6, 6.07) is 23.4. The molecule has 0 amide bonds. The van der Waals surface area contributed by atoms with E-state index in [-0.39, 0.29) is 0 Å². The first-order chi connectivity index (χ1) is 13.6. The minimum Gasteiger partial charge on any atom is -0.343 e. The van der Waals surface area contributed by atoms with E-state index in [9.17, 15) is 0 Å². The van der Waals surface area contributed by atoms with E-state index in [1.807, 2.05) is 6.07 Å². The predicted octanol–water partition coefficient (Wildman–Crippen LogP) is 4.81. The second-order valence-electron chi connectivity index (χ2n) is 6.92. The topological polar surface area (TPSA) is 53.6 Å². The molecule has 144 valence electrons. The van der Waals surface area contributed by atoms with Crippen LogP contribution in [-0.4, -0.2) is 26.9 Å². The van der Waals surface area contributed by atoms with Crippen molar-refractivity contribution < 1.29 is 0 Å². The molecule has 0 saturated heterocycles. The zero-order valence-corrected chi connectivity index (χ0v) is 16.7. The van der Waals surface area contributed by atoms with E-state index in [1.165, 1.54) is 16.7 Å². The molecule has 0 atom stereocenters. The van der Waals surface area contributed by atoms with E-state index >= 15 is 0 Å². The second-order valence-corrected chi connectivity index (χ2v) is 6.92. The monoisotopic (exact) mass is 372 g/mol. The predicted molar refractivity (Wildman–Crippen MR) is 121 cm³/mol. The van der Waals surface area contributed by atoms with Crippen molar-refractivity contribution >= 4 is 23.8 Å². The smallest absolute Gasteiger partial charge is 0.0859 e. The minimum atomic E-state index is 0.652. The number of nitrogens with zero attached hydrogens (tertiary/aromatic N) is 2. The van der Waals surface area contributed by atoms with Gasteiger partial charge < -0.3 is 16.0 Å². The fourth-order valence-electron chi connectivity index (χ4n) is 3.23. The van der Waals surface area contributed by atoms with Gasteiger partial charge in [0.2, 0.25) is 0 Å². The highest BCUT2D eigenvalue weighted by molar-refractivity contribution is 5.81. The van der Waals surface area contributed by atoms with Crippen LogP contribution in [0.25, 0.3) is 11.1 Å². The third-order valence-electron chi connectivity index (χ3n) is 4.83. The first-order valence-electron chi connectivity index (χ1n) is 9.53. The lowest BCUT2D eigenvalue weighted by atomic mass is 10.0. The number of hydrogen-bond donors (Lipinski definition) is 2. The molecule has 0 aromatic heterocycles. The molecule has 0 radical (unpaired) electrons. The number of hydrogen-bond acceptors (Lipinski definition) is 4. The van der Waals surface area contributed by atoms with Gasteiger partial charge in [-0.15, -0.1) is 0 Å². The Morgan fingerprint density at radius 2 is 1.75 bits per heavy atom. The van der Waals surface area contributed by atoms with Gasteiger partial charge in [-0.2, -0.15) is 0 Å². The Morgan fingerprint density at radius 1 is 1.00 bits per heavy atom. The van der Waals surface area contributed by atoms with Gasteiger partial charge in [0, 0.05) is 32.4 Å². The standard InChI is InChI=1S/C24H28N4/c1-18-5-4-6-22(15-18)28(3)24-16-21(11-12-23(24)26-2)20-9-7-19(8-10-20)17-27-14-13-25/h4-12,15-16,27H,2,13-14,17,25H2,1,3H3. The molecule has 0 aliphatic rings. The van der Waals surface area contributed by atoms with Crippen LogP contribution in [0, 0.1) is 6.92 Å². The highest BCUT2D eigenvalue weighted by Gasteiger charge is 2.11. The first kappa shape index (κ1) is 19.8. The maximum Gasteiger partial charge on any atom is 0.0859 e. The molecule has 3 aromatic rings. The largest absolute Gasteiger partial charge is 0.343 e. The van der Waals surface area contributed by atoms with Crippen molar-refractivity contribution in [3.8, 4) is 11.1 Å². The molecule has 3 rings (SSSR count). The Bertz CT molecular complexity index is 932. The fraction of sp³-hybridized carbons (Fsp3) is 0.208. The molecule has 0 unspecified atom stereocenters. The molecule has 0 saturated carbocycles. The fourth-order valence-corrected chi connectivity index (χ4v) is 3.23. The van der Waals surface area contributed by atoms with Crippen molar-refractivity contribution in [2.24, 2.45) is 10.7 Å². The molecule has 0 spiro atoms. The maximum absolute atomic E-state index is 5.53. The van der Waals surface area contributed by atoms with E-state index < -0.39 is 0 Å². The lowest BCUT2D eigenvalue weighted by Crippen LogP contribution is -2.21. The first-order valence-corrected chi connectivity index (χ1v) is 9.53. The highest BCUT2D eigenvalue weighted by atomic mass is 15.1. The number of nitrogens with two attached hydrogens (primary N) is 1. The Morgan fingerprint density at radius 3 is 2.43 bits per heavy atom. The number of aryl methyl sites for hydroxylation is 1. The van der Waals surface area contributed by atoms with E-state index in [2.05, 4.69) is 96.6 Å². The van der Waals surface area contributed by atoms with Crippen molar-refractivity contribution in [1.82, 2.24) is 5.32 Å². The molecule has 0 heterocycles. The van der Waals surface area contributed by atoms with Gasteiger partial charge in [-0.05, 0) is 60.2 Å². The molecule has 4 nitrogen and oxygen atoms in total. The van der Waals surface area contributed by atoms with Crippen LogP contribution in [-0.2, 0) is 6.54 Å². The number of benzene rings is 3. The van der Waals surface area contributed by atoms with Crippen LogP contribution in [0.5, 0.6) is 0 Å². The van der Waals surface area contributed by atoms with Gasteiger partial charge in [0.05, 0.1) is 11.4 Å².